The lowest BCUT2D eigenvalue weighted by molar-refractivity contribution is 0.436. The first-order chi connectivity index (χ1) is 25.8. The molecule has 1 spiro atoms. The minimum absolute atomic E-state index is 0.502. The zero-order chi connectivity index (χ0) is 34.2. The largest absolute Gasteiger partial charge is 0.457 e. The predicted octanol–water partition coefficient (Wildman–Crippen LogP) is 13.7. The van der Waals surface area contributed by atoms with Crippen LogP contribution in [0.5, 0.6) is 11.5 Å². The van der Waals surface area contributed by atoms with Crippen molar-refractivity contribution in [3.05, 3.63) is 210 Å². The van der Waals surface area contributed by atoms with E-state index in [0.717, 1.165) is 22.9 Å². The Kier molecular flexibility index (Phi) is 6.37. The number of anilines is 3. The Hall–Kier alpha value is -6.42. The van der Waals surface area contributed by atoms with Crippen LogP contribution in [0.3, 0.4) is 0 Å². The number of ether oxygens (including phenoxy) is 1. The molecule has 2 heterocycles. The Morgan fingerprint density at radius 1 is 0.423 bits per heavy atom. The zero-order valence-corrected chi connectivity index (χ0v) is 29.0. The number of thiophene rings is 1. The van der Waals surface area contributed by atoms with Crippen molar-refractivity contribution in [2.45, 2.75) is 5.41 Å². The third kappa shape index (κ3) is 4.11. The minimum atomic E-state index is -0.502. The van der Waals surface area contributed by atoms with Crippen molar-refractivity contribution in [3.8, 4) is 33.8 Å². The Labute approximate surface area is 306 Å². The molecule has 52 heavy (non-hydrogen) atoms. The van der Waals surface area contributed by atoms with E-state index in [1.807, 2.05) is 11.3 Å². The van der Waals surface area contributed by atoms with Gasteiger partial charge in [0, 0.05) is 38.0 Å². The summed E-state index contributed by atoms with van der Waals surface area (Å²) in [5.41, 5.74) is 12.8. The van der Waals surface area contributed by atoms with E-state index in [1.54, 1.807) is 0 Å². The zero-order valence-electron chi connectivity index (χ0n) is 28.2. The molecule has 8 aromatic carbocycles. The maximum absolute atomic E-state index is 6.58. The topological polar surface area (TPSA) is 12.5 Å². The summed E-state index contributed by atoms with van der Waals surface area (Å²) in [5, 5.41) is 2.59. The Balaban J connectivity index is 1.12. The first-order valence-electron chi connectivity index (χ1n) is 17.8. The van der Waals surface area contributed by atoms with Gasteiger partial charge in [-0.05, 0) is 88.0 Å². The molecule has 244 valence electrons. The molecule has 9 aromatic rings. The molecule has 2 aliphatic rings. The van der Waals surface area contributed by atoms with Crippen LogP contribution in [0.2, 0.25) is 0 Å². The fourth-order valence-corrected chi connectivity index (χ4v) is 9.98. The van der Waals surface area contributed by atoms with E-state index < -0.39 is 5.41 Å². The quantitative estimate of drug-likeness (QED) is 0.183. The molecular weight excluding hydrogens is 651 g/mol. The average molecular weight is 682 g/mol. The summed E-state index contributed by atoms with van der Waals surface area (Å²) < 4.78 is 9.17. The van der Waals surface area contributed by atoms with E-state index in [4.69, 9.17) is 4.74 Å². The highest BCUT2D eigenvalue weighted by atomic mass is 32.1. The van der Waals surface area contributed by atoms with Crippen LogP contribution in [0.4, 0.5) is 17.1 Å². The van der Waals surface area contributed by atoms with Gasteiger partial charge in [-0.15, -0.1) is 11.3 Å². The highest BCUT2D eigenvalue weighted by molar-refractivity contribution is 7.26. The van der Waals surface area contributed by atoms with Gasteiger partial charge in [-0.3, -0.25) is 0 Å². The van der Waals surface area contributed by atoms with Gasteiger partial charge in [0.05, 0.1) is 15.8 Å². The van der Waals surface area contributed by atoms with Gasteiger partial charge in [-0.25, -0.2) is 0 Å². The van der Waals surface area contributed by atoms with Crippen molar-refractivity contribution in [1.82, 2.24) is 0 Å². The lowest BCUT2D eigenvalue weighted by Gasteiger charge is -2.39. The van der Waals surface area contributed by atoms with Gasteiger partial charge in [0.25, 0.3) is 0 Å². The van der Waals surface area contributed by atoms with E-state index in [1.165, 1.54) is 70.4 Å². The Bertz CT molecular complexity index is 2810. The van der Waals surface area contributed by atoms with Crippen LogP contribution in [-0.4, -0.2) is 0 Å². The fraction of sp³-hybridized carbons (Fsp3) is 0.0204. The number of benzene rings is 8. The summed E-state index contributed by atoms with van der Waals surface area (Å²) in [6, 6.07) is 68.3. The number of hydrogen-bond donors (Lipinski definition) is 0. The summed E-state index contributed by atoms with van der Waals surface area (Å²) in [5.74, 6) is 1.82. The highest BCUT2D eigenvalue weighted by Crippen LogP contribution is 2.62. The van der Waals surface area contributed by atoms with Crippen molar-refractivity contribution in [3.63, 3.8) is 0 Å². The van der Waals surface area contributed by atoms with Crippen LogP contribution in [0.1, 0.15) is 22.3 Å². The van der Waals surface area contributed by atoms with E-state index in [0.29, 0.717) is 0 Å². The van der Waals surface area contributed by atoms with Gasteiger partial charge in [-0.2, -0.15) is 0 Å². The van der Waals surface area contributed by atoms with Gasteiger partial charge in [0.2, 0.25) is 0 Å². The number of nitrogens with zero attached hydrogens (tertiary/aromatic N) is 1. The molecule has 0 fully saturated rings. The number of hydrogen-bond acceptors (Lipinski definition) is 3. The number of fused-ring (bicyclic) bond motifs is 12. The maximum atomic E-state index is 6.58. The van der Waals surface area contributed by atoms with Crippen molar-refractivity contribution in [2.24, 2.45) is 0 Å². The standard InChI is InChI=1S/C49H31NOS/c1-2-15-34(16-3-1)50(44-24-13-20-39-38-19-5-11-27-47(38)52-48(39)44)35-17-12-14-32(30-35)33-28-29-37-36-18-4-6-21-40(36)49(43(37)31-33)41-22-7-9-25-45(41)51-46-26-10-8-23-42(46)49/h1-31H. The lowest BCUT2D eigenvalue weighted by Crippen LogP contribution is -2.32. The van der Waals surface area contributed by atoms with Crippen molar-refractivity contribution >= 4 is 48.6 Å². The molecule has 0 atom stereocenters. The van der Waals surface area contributed by atoms with Gasteiger partial charge in [0.15, 0.2) is 0 Å². The first kappa shape index (κ1) is 29.3. The van der Waals surface area contributed by atoms with Gasteiger partial charge >= 0.3 is 0 Å². The molecule has 1 aliphatic carbocycles. The average Bonchev–Trinajstić information content (AvgIpc) is 3.73. The molecule has 1 aliphatic heterocycles. The summed E-state index contributed by atoms with van der Waals surface area (Å²) >= 11 is 1.86. The summed E-state index contributed by atoms with van der Waals surface area (Å²) in [6.45, 7) is 0. The van der Waals surface area contributed by atoms with Crippen LogP contribution < -0.4 is 9.64 Å². The van der Waals surface area contributed by atoms with Crippen molar-refractivity contribution in [2.75, 3.05) is 4.90 Å². The SMILES string of the molecule is c1ccc(N(c2cccc(-c3ccc4c(c3)C3(c5ccccc5Oc5ccccc53)c3ccccc3-4)c2)c2cccc3c2sc2ccccc23)cc1. The molecule has 2 nitrogen and oxygen atoms in total. The molecule has 0 amide bonds. The second kappa shape index (κ2) is 11.3. The Morgan fingerprint density at radius 3 is 1.87 bits per heavy atom. The second-order valence-corrected chi connectivity index (χ2v) is 14.7. The molecule has 0 unspecified atom stereocenters. The van der Waals surface area contributed by atoms with Gasteiger partial charge in [0.1, 0.15) is 11.5 Å². The summed E-state index contributed by atoms with van der Waals surface area (Å²) in [4.78, 5) is 2.41. The second-order valence-electron chi connectivity index (χ2n) is 13.6. The summed E-state index contributed by atoms with van der Waals surface area (Å²) in [6.07, 6.45) is 0. The lowest BCUT2D eigenvalue weighted by atomic mass is 9.66. The van der Waals surface area contributed by atoms with Crippen LogP contribution in [0.25, 0.3) is 42.4 Å². The summed E-state index contributed by atoms with van der Waals surface area (Å²) in [7, 11) is 0. The van der Waals surface area contributed by atoms with Crippen molar-refractivity contribution < 1.29 is 4.74 Å². The molecule has 0 saturated carbocycles. The van der Waals surface area contributed by atoms with E-state index in [2.05, 4.69) is 193 Å². The van der Waals surface area contributed by atoms with Crippen molar-refractivity contribution in [1.29, 1.82) is 0 Å². The van der Waals surface area contributed by atoms with Gasteiger partial charge < -0.3 is 9.64 Å². The maximum Gasteiger partial charge on any atom is 0.132 e. The molecule has 0 bridgehead atoms. The molecule has 0 saturated heterocycles. The molecular formula is C49H31NOS. The fourth-order valence-electron chi connectivity index (χ4n) is 8.77. The molecule has 3 heteroatoms. The monoisotopic (exact) mass is 681 g/mol. The van der Waals surface area contributed by atoms with Crippen LogP contribution in [0.15, 0.2) is 188 Å². The third-order valence-electron chi connectivity index (χ3n) is 10.9. The highest BCUT2D eigenvalue weighted by Gasteiger charge is 2.51. The van der Waals surface area contributed by atoms with Crippen LogP contribution in [0, 0.1) is 0 Å². The molecule has 0 radical (unpaired) electrons. The van der Waals surface area contributed by atoms with E-state index in [-0.39, 0.29) is 0 Å². The molecule has 0 N–H and O–H groups in total. The van der Waals surface area contributed by atoms with Gasteiger partial charge in [-0.1, -0.05) is 133 Å². The molecule has 11 rings (SSSR count). The van der Waals surface area contributed by atoms with Crippen LogP contribution in [-0.2, 0) is 5.41 Å². The Morgan fingerprint density at radius 2 is 1.04 bits per heavy atom. The van der Waals surface area contributed by atoms with Crippen LogP contribution >= 0.6 is 11.3 Å². The smallest absolute Gasteiger partial charge is 0.132 e. The number of para-hydroxylation sites is 3. The number of rotatable bonds is 4. The minimum Gasteiger partial charge on any atom is -0.457 e. The predicted molar refractivity (Wildman–Crippen MR) is 217 cm³/mol. The van der Waals surface area contributed by atoms with E-state index in [9.17, 15) is 0 Å². The normalized spacial score (nSPS) is 13.3. The molecule has 1 aromatic heterocycles. The third-order valence-corrected chi connectivity index (χ3v) is 12.1. The van der Waals surface area contributed by atoms with E-state index >= 15 is 0 Å². The first-order valence-corrected chi connectivity index (χ1v) is 18.6.